The molecule has 0 N–H and O–H groups in total. The molecule has 1 heteroatoms. The van der Waals surface area contributed by atoms with E-state index in [1.54, 1.807) is 0 Å². The van der Waals surface area contributed by atoms with E-state index >= 15 is 0 Å². The second-order valence-electron chi connectivity index (χ2n) is 5.28. The van der Waals surface area contributed by atoms with Gasteiger partial charge < -0.3 is 4.48 Å². The first kappa shape index (κ1) is 11.0. The topological polar surface area (TPSA) is 0 Å². The minimum atomic E-state index is 0.533. The molecule has 0 atom stereocenters. The summed E-state index contributed by atoms with van der Waals surface area (Å²) in [5.74, 6) is 0. The highest BCUT2D eigenvalue weighted by Crippen LogP contribution is 2.24. The third kappa shape index (κ3) is 6.36. The summed E-state index contributed by atoms with van der Waals surface area (Å²) in [5.41, 5.74) is 0.533. The van der Waals surface area contributed by atoms with Gasteiger partial charge in [0.1, 0.15) is 0 Å². The molecule has 0 saturated carbocycles. The van der Waals surface area contributed by atoms with Gasteiger partial charge in [-0.3, -0.25) is 0 Å². The van der Waals surface area contributed by atoms with Crippen LogP contribution in [0.25, 0.3) is 0 Å². The van der Waals surface area contributed by atoms with E-state index in [-0.39, 0.29) is 0 Å². The summed E-state index contributed by atoms with van der Waals surface area (Å²) < 4.78 is 1.09. The van der Waals surface area contributed by atoms with E-state index in [9.17, 15) is 0 Å². The summed E-state index contributed by atoms with van der Waals surface area (Å²) in [6, 6.07) is 0. The van der Waals surface area contributed by atoms with Crippen molar-refractivity contribution in [3.8, 4) is 0 Å². The molecule has 11 heavy (non-hydrogen) atoms. The Bertz CT molecular complexity index is 109. The number of hydrogen-bond acceptors (Lipinski definition) is 0. The Hall–Kier alpha value is -0.0400. The summed E-state index contributed by atoms with van der Waals surface area (Å²) in [6.07, 6.45) is 2.61. The highest BCUT2D eigenvalue weighted by Gasteiger charge is 2.18. The summed E-state index contributed by atoms with van der Waals surface area (Å²) >= 11 is 0. The van der Waals surface area contributed by atoms with Crippen molar-refractivity contribution in [2.24, 2.45) is 5.41 Å². The molecule has 0 fully saturated rings. The molecule has 0 heterocycles. The van der Waals surface area contributed by atoms with E-state index in [0.29, 0.717) is 5.41 Å². The quantitative estimate of drug-likeness (QED) is 0.552. The van der Waals surface area contributed by atoms with Crippen LogP contribution in [0, 0.1) is 5.41 Å². The Labute approximate surface area is 72.0 Å². The van der Waals surface area contributed by atoms with Crippen molar-refractivity contribution < 1.29 is 4.48 Å². The molecule has 0 aromatic heterocycles. The van der Waals surface area contributed by atoms with Gasteiger partial charge in [-0.05, 0) is 5.41 Å². The van der Waals surface area contributed by atoms with Crippen LogP contribution >= 0.6 is 0 Å². The Morgan fingerprint density at radius 2 is 1.55 bits per heavy atom. The summed E-state index contributed by atoms with van der Waals surface area (Å²) in [7, 11) is 6.77. The summed E-state index contributed by atoms with van der Waals surface area (Å²) in [4.78, 5) is 0. The van der Waals surface area contributed by atoms with Gasteiger partial charge in [0.25, 0.3) is 0 Å². The maximum absolute atomic E-state index is 2.35. The lowest BCUT2D eigenvalue weighted by molar-refractivity contribution is -0.871. The lowest BCUT2D eigenvalue weighted by Gasteiger charge is -2.29. The first-order valence-electron chi connectivity index (χ1n) is 4.57. The third-order valence-corrected chi connectivity index (χ3v) is 2.42. The molecule has 0 aliphatic carbocycles. The van der Waals surface area contributed by atoms with Crippen LogP contribution in [0.4, 0.5) is 0 Å². The van der Waals surface area contributed by atoms with Gasteiger partial charge in [0.05, 0.1) is 27.7 Å². The second-order valence-corrected chi connectivity index (χ2v) is 5.28. The number of hydrogen-bond donors (Lipinski definition) is 0. The van der Waals surface area contributed by atoms with E-state index in [2.05, 4.69) is 41.9 Å². The molecule has 0 radical (unpaired) electrons. The van der Waals surface area contributed by atoms with E-state index in [1.807, 2.05) is 0 Å². The predicted octanol–water partition coefficient (Wildman–Crippen LogP) is 2.52. The Kier molecular flexibility index (Phi) is 3.56. The van der Waals surface area contributed by atoms with Gasteiger partial charge in [-0.1, -0.05) is 27.2 Å². The summed E-state index contributed by atoms with van der Waals surface area (Å²) in [5, 5.41) is 0. The van der Waals surface area contributed by atoms with Crippen LogP contribution in [0.3, 0.4) is 0 Å². The minimum absolute atomic E-state index is 0.533. The first-order valence-corrected chi connectivity index (χ1v) is 4.57. The standard InChI is InChI=1S/C10H24N/c1-7-10(2,3)8-9-11(4,5)6/h7-9H2,1-6H3/q+1. The van der Waals surface area contributed by atoms with Gasteiger partial charge in [-0.15, -0.1) is 0 Å². The van der Waals surface area contributed by atoms with Crippen LogP contribution in [0.5, 0.6) is 0 Å². The largest absolute Gasteiger partial charge is 0.331 e. The number of rotatable bonds is 4. The Morgan fingerprint density at radius 3 is 1.82 bits per heavy atom. The van der Waals surface area contributed by atoms with Crippen molar-refractivity contribution in [2.45, 2.75) is 33.6 Å². The fourth-order valence-corrected chi connectivity index (χ4v) is 0.815. The Morgan fingerprint density at radius 1 is 1.09 bits per heavy atom. The first-order chi connectivity index (χ1) is 4.77. The van der Waals surface area contributed by atoms with Crippen LogP contribution in [-0.2, 0) is 0 Å². The molecule has 1 nitrogen and oxygen atoms in total. The molecule has 0 aliphatic rings. The van der Waals surface area contributed by atoms with Gasteiger partial charge in [-0.2, -0.15) is 0 Å². The molecular formula is C10H24N+. The lowest BCUT2D eigenvalue weighted by Crippen LogP contribution is -2.37. The van der Waals surface area contributed by atoms with Crippen molar-refractivity contribution in [1.82, 2.24) is 0 Å². The van der Waals surface area contributed by atoms with Gasteiger partial charge in [-0.25, -0.2) is 0 Å². The maximum Gasteiger partial charge on any atom is 0.0785 e. The minimum Gasteiger partial charge on any atom is -0.331 e. The molecule has 0 rings (SSSR count). The van der Waals surface area contributed by atoms with Crippen LogP contribution in [0.15, 0.2) is 0 Å². The zero-order chi connectivity index (χ0) is 9.12. The van der Waals surface area contributed by atoms with Crippen molar-refractivity contribution in [3.05, 3.63) is 0 Å². The van der Waals surface area contributed by atoms with Crippen LogP contribution < -0.4 is 0 Å². The lowest BCUT2D eigenvalue weighted by atomic mass is 9.86. The van der Waals surface area contributed by atoms with Crippen LogP contribution in [0.1, 0.15) is 33.6 Å². The van der Waals surface area contributed by atoms with Gasteiger partial charge in [0.2, 0.25) is 0 Å². The summed E-state index contributed by atoms with van der Waals surface area (Å²) in [6.45, 7) is 8.25. The van der Waals surface area contributed by atoms with Gasteiger partial charge >= 0.3 is 0 Å². The zero-order valence-electron chi connectivity index (χ0n) is 9.07. The fraction of sp³-hybridized carbons (Fsp3) is 1.00. The smallest absolute Gasteiger partial charge is 0.0785 e. The number of quaternary nitrogens is 1. The molecule has 0 aromatic rings. The van der Waals surface area contributed by atoms with Gasteiger partial charge in [0, 0.05) is 6.42 Å². The van der Waals surface area contributed by atoms with Crippen LogP contribution in [-0.4, -0.2) is 32.2 Å². The molecule has 68 valence electrons. The van der Waals surface area contributed by atoms with Gasteiger partial charge in [0.15, 0.2) is 0 Å². The SMILES string of the molecule is CCC(C)(C)CC[N+](C)(C)C. The van der Waals surface area contributed by atoms with Crippen molar-refractivity contribution in [3.63, 3.8) is 0 Å². The average molecular weight is 158 g/mol. The fourth-order valence-electron chi connectivity index (χ4n) is 0.815. The van der Waals surface area contributed by atoms with E-state index in [0.717, 1.165) is 4.48 Å². The van der Waals surface area contributed by atoms with E-state index < -0.39 is 0 Å². The normalized spacial score (nSPS) is 13.6. The highest BCUT2D eigenvalue weighted by atomic mass is 15.3. The monoisotopic (exact) mass is 158 g/mol. The van der Waals surface area contributed by atoms with Crippen molar-refractivity contribution >= 4 is 0 Å². The molecule has 0 saturated heterocycles. The second kappa shape index (κ2) is 3.57. The molecule has 0 aromatic carbocycles. The maximum atomic E-state index is 2.35. The highest BCUT2D eigenvalue weighted by molar-refractivity contribution is 4.65. The molecule has 0 bridgehead atoms. The number of nitrogens with zero attached hydrogens (tertiary/aromatic N) is 1. The predicted molar refractivity (Wildman–Crippen MR) is 51.6 cm³/mol. The molecule has 0 aliphatic heterocycles. The molecule has 0 unspecified atom stereocenters. The van der Waals surface area contributed by atoms with E-state index in [1.165, 1.54) is 19.4 Å². The van der Waals surface area contributed by atoms with E-state index in [4.69, 9.17) is 0 Å². The van der Waals surface area contributed by atoms with Crippen molar-refractivity contribution in [2.75, 3.05) is 27.7 Å². The van der Waals surface area contributed by atoms with Crippen LogP contribution in [0.2, 0.25) is 0 Å². The molecule has 0 spiro atoms. The average Bonchev–Trinajstić information content (AvgIpc) is 1.83. The Balaban J connectivity index is 3.70. The molecule has 0 amide bonds. The molecular weight excluding hydrogens is 134 g/mol. The zero-order valence-corrected chi connectivity index (χ0v) is 9.07. The van der Waals surface area contributed by atoms with Crippen molar-refractivity contribution in [1.29, 1.82) is 0 Å². The third-order valence-electron chi connectivity index (χ3n) is 2.42.